The molecule has 112 valence electrons. The average Bonchev–Trinajstić information content (AvgIpc) is 2.48. The fourth-order valence-corrected chi connectivity index (χ4v) is 1.92. The predicted molar refractivity (Wildman–Crippen MR) is 78.5 cm³/mol. The first kappa shape index (κ1) is 15.1. The maximum atomic E-state index is 14.3. The second-order valence-electron chi connectivity index (χ2n) is 4.71. The van der Waals surface area contributed by atoms with Crippen molar-refractivity contribution in [3.63, 3.8) is 0 Å². The largest absolute Gasteiger partial charge is 0.493 e. The van der Waals surface area contributed by atoms with Gasteiger partial charge in [-0.3, -0.25) is 0 Å². The summed E-state index contributed by atoms with van der Waals surface area (Å²) < 4.78 is 30.1. The Morgan fingerprint density at radius 2 is 1.81 bits per heavy atom. The van der Waals surface area contributed by atoms with Crippen LogP contribution >= 0.6 is 0 Å². The van der Waals surface area contributed by atoms with Crippen LogP contribution in [0.5, 0.6) is 17.4 Å². The van der Waals surface area contributed by atoms with Gasteiger partial charge in [0.15, 0.2) is 11.5 Å². The van der Waals surface area contributed by atoms with Gasteiger partial charge in [-0.2, -0.15) is 0 Å². The summed E-state index contributed by atoms with van der Waals surface area (Å²) in [6.45, 7) is 3.79. The first-order valence-corrected chi connectivity index (χ1v) is 6.60. The zero-order valence-electron chi connectivity index (χ0n) is 12.5. The SMILES string of the molecule is COc1cccc(-c2cc(OC(C)C)c(OC)cc2F)n1. The highest BCUT2D eigenvalue weighted by molar-refractivity contribution is 5.65. The Kier molecular flexibility index (Phi) is 4.62. The average molecular weight is 291 g/mol. The Morgan fingerprint density at radius 1 is 1.05 bits per heavy atom. The molecule has 1 aromatic carbocycles. The van der Waals surface area contributed by atoms with E-state index >= 15 is 0 Å². The zero-order chi connectivity index (χ0) is 15.4. The van der Waals surface area contributed by atoms with Crippen LogP contribution in [0.1, 0.15) is 13.8 Å². The molecule has 1 aromatic heterocycles. The smallest absolute Gasteiger partial charge is 0.213 e. The zero-order valence-corrected chi connectivity index (χ0v) is 12.5. The van der Waals surface area contributed by atoms with E-state index in [0.717, 1.165) is 0 Å². The second-order valence-corrected chi connectivity index (χ2v) is 4.71. The lowest BCUT2D eigenvalue weighted by molar-refractivity contribution is 0.229. The molecule has 0 radical (unpaired) electrons. The molecular formula is C16H18FNO3. The number of nitrogens with zero attached hydrogens (tertiary/aromatic N) is 1. The van der Waals surface area contributed by atoms with E-state index in [1.165, 1.54) is 20.3 Å². The van der Waals surface area contributed by atoms with Gasteiger partial charge in [0.05, 0.1) is 26.0 Å². The summed E-state index contributed by atoms with van der Waals surface area (Å²) in [6.07, 6.45) is -0.0459. The maximum absolute atomic E-state index is 14.3. The van der Waals surface area contributed by atoms with Crippen LogP contribution in [-0.2, 0) is 0 Å². The first-order valence-electron chi connectivity index (χ1n) is 6.60. The highest BCUT2D eigenvalue weighted by Crippen LogP contribution is 2.35. The van der Waals surface area contributed by atoms with Crippen molar-refractivity contribution in [3.8, 4) is 28.6 Å². The molecular weight excluding hydrogens is 273 g/mol. The molecule has 0 saturated heterocycles. The highest BCUT2D eigenvalue weighted by Gasteiger charge is 2.15. The lowest BCUT2D eigenvalue weighted by Crippen LogP contribution is -2.07. The lowest BCUT2D eigenvalue weighted by atomic mass is 10.1. The molecule has 21 heavy (non-hydrogen) atoms. The van der Waals surface area contributed by atoms with Crippen molar-refractivity contribution in [2.45, 2.75) is 20.0 Å². The van der Waals surface area contributed by atoms with Crippen LogP contribution in [-0.4, -0.2) is 25.3 Å². The van der Waals surface area contributed by atoms with E-state index in [1.807, 2.05) is 13.8 Å². The predicted octanol–water partition coefficient (Wildman–Crippen LogP) is 3.69. The topological polar surface area (TPSA) is 40.6 Å². The molecule has 0 saturated carbocycles. The van der Waals surface area contributed by atoms with Crippen LogP contribution in [0.15, 0.2) is 30.3 Å². The van der Waals surface area contributed by atoms with Crippen molar-refractivity contribution in [1.29, 1.82) is 0 Å². The third-order valence-electron chi connectivity index (χ3n) is 2.82. The van der Waals surface area contributed by atoms with Gasteiger partial charge in [-0.25, -0.2) is 9.37 Å². The van der Waals surface area contributed by atoms with Crippen molar-refractivity contribution in [1.82, 2.24) is 4.98 Å². The van der Waals surface area contributed by atoms with E-state index in [0.29, 0.717) is 28.6 Å². The molecule has 0 aliphatic rings. The fraction of sp³-hybridized carbons (Fsp3) is 0.312. The number of ether oxygens (including phenoxy) is 3. The van der Waals surface area contributed by atoms with Crippen molar-refractivity contribution < 1.29 is 18.6 Å². The third-order valence-corrected chi connectivity index (χ3v) is 2.82. The third kappa shape index (κ3) is 3.42. The monoisotopic (exact) mass is 291 g/mol. The van der Waals surface area contributed by atoms with Crippen LogP contribution in [0.3, 0.4) is 0 Å². The Hall–Kier alpha value is -2.30. The van der Waals surface area contributed by atoms with E-state index in [1.54, 1.807) is 24.3 Å². The van der Waals surface area contributed by atoms with E-state index in [4.69, 9.17) is 14.2 Å². The second kappa shape index (κ2) is 6.43. The molecule has 4 nitrogen and oxygen atoms in total. The number of methoxy groups -OCH3 is 2. The molecule has 5 heteroatoms. The molecule has 0 aliphatic carbocycles. The summed E-state index contributed by atoms with van der Waals surface area (Å²) in [6, 6.07) is 8.07. The first-order chi connectivity index (χ1) is 10.0. The summed E-state index contributed by atoms with van der Waals surface area (Å²) >= 11 is 0. The summed E-state index contributed by atoms with van der Waals surface area (Å²) in [5.41, 5.74) is 0.813. The van der Waals surface area contributed by atoms with Crippen molar-refractivity contribution in [2.24, 2.45) is 0 Å². The molecule has 0 unspecified atom stereocenters. The minimum atomic E-state index is -0.427. The van der Waals surface area contributed by atoms with Crippen molar-refractivity contribution in [2.75, 3.05) is 14.2 Å². The number of rotatable bonds is 5. The summed E-state index contributed by atoms with van der Waals surface area (Å²) in [5, 5.41) is 0. The van der Waals surface area contributed by atoms with Crippen LogP contribution in [0.2, 0.25) is 0 Å². The van der Waals surface area contributed by atoms with Crippen LogP contribution in [0.25, 0.3) is 11.3 Å². The van der Waals surface area contributed by atoms with Crippen LogP contribution in [0, 0.1) is 5.82 Å². The molecule has 0 bridgehead atoms. The van der Waals surface area contributed by atoms with Crippen molar-refractivity contribution >= 4 is 0 Å². The van der Waals surface area contributed by atoms with Gasteiger partial charge in [0.25, 0.3) is 0 Å². The van der Waals surface area contributed by atoms with Gasteiger partial charge >= 0.3 is 0 Å². The van der Waals surface area contributed by atoms with Gasteiger partial charge in [0.1, 0.15) is 5.82 Å². The van der Waals surface area contributed by atoms with E-state index in [2.05, 4.69) is 4.98 Å². The van der Waals surface area contributed by atoms with Gasteiger partial charge in [0, 0.05) is 17.7 Å². The summed E-state index contributed by atoms with van der Waals surface area (Å²) in [4.78, 5) is 4.24. The Balaban J connectivity index is 2.52. The van der Waals surface area contributed by atoms with E-state index in [9.17, 15) is 4.39 Å². The number of benzene rings is 1. The molecule has 0 N–H and O–H groups in total. The molecule has 1 heterocycles. The van der Waals surface area contributed by atoms with Gasteiger partial charge in [-0.15, -0.1) is 0 Å². The maximum Gasteiger partial charge on any atom is 0.213 e. The number of hydrogen-bond acceptors (Lipinski definition) is 4. The van der Waals surface area contributed by atoms with Gasteiger partial charge in [-0.1, -0.05) is 6.07 Å². The Morgan fingerprint density at radius 3 is 2.43 bits per heavy atom. The quantitative estimate of drug-likeness (QED) is 0.842. The summed E-state index contributed by atoms with van der Waals surface area (Å²) in [5.74, 6) is 0.833. The van der Waals surface area contributed by atoms with Crippen LogP contribution < -0.4 is 14.2 Å². The Bertz CT molecular complexity index is 629. The summed E-state index contributed by atoms with van der Waals surface area (Å²) in [7, 11) is 3.00. The van der Waals surface area contributed by atoms with E-state index in [-0.39, 0.29) is 6.10 Å². The van der Waals surface area contributed by atoms with Gasteiger partial charge in [-0.05, 0) is 26.0 Å². The fourth-order valence-electron chi connectivity index (χ4n) is 1.92. The number of hydrogen-bond donors (Lipinski definition) is 0. The molecule has 0 amide bonds. The van der Waals surface area contributed by atoms with Crippen molar-refractivity contribution in [3.05, 3.63) is 36.1 Å². The standard InChI is InChI=1S/C16H18FNO3/c1-10(2)21-15-8-11(12(17)9-14(15)19-3)13-6-5-7-16(18-13)20-4/h5-10H,1-4H3. The minimum Gasteiger partial charge on any atom is -0.493 e. The van der Waals surface area contributed by atoms with Gasteiger partial charge in [0.2, 0.25) is 5.88 Å². The Labute approximate surface area is 123 Å². The minimum absolute atomic E-state index is 0.0459. The molecule has 2 rings (SSSR count). The number of pyridine rings is 1. The molecule has 0 aliphatic heterocycles. The highest BCUT2D eigenvalue weighted by atomic mass is 19.1. The van der Waals surface area contributed by atoms with Crippen LogP contribution in [0.4, 0.5) is 4.39 Å². The normalized spacial score (nSPS) is 10.6. The lowest BCUT2D eigenvalue weighted by Gasteiger charge is -2.15. The number of aromatic nitrogens is 1. The van der Waals surface area contributed by atoms with Gasteiger partial charge < -0.3 is 14.2 Å². The van der Waals surface area contributed by atoms with E-state index < -0.39 is 5.82 Å². The molecule has 0 atom stereocenters. The number of halogens is 1. The molecule has 0 spiro atoms. The molecule has 2 aromatic rings. The molecule has 0 fully saturated rings.